The maximum atomic E-state index is 13.7. The van der Waals surface area contributed by atoms with E-state index < -0.39 is 35.0 Å². The lowest BCUT2D eigenvalue weighted by Gasteiger charge is -2.38. The number of rotatable bonds is 10. The van der Waals surface area contributed by atoms with Crippen molar-refractivity contribution >= 4 is 17.8 Å². The van der Waals surface area contributed by atoms with E-state index in [-0.39, 0.29) is 24.5 Å². The van der Waals surface area contributed by atoms with Gasteiger partial charge in [0.2, 0.25) is 11.8 Å². The summed E-state index contributed by atoms with van der Waals surface area (Å²) >= 11 is 0. The average Bonchev–Trinajstić information content (AvgIpc) is 3.23. The molecule has 3 aliphatic rings. The summed E-state index contributed by atoms with van der Waals surface area (Å²) in [6.07, 6.45) is 4.64. The molecule has 30 heavy (non-hydrogen) atoms. The molecule has 0 radical (unpaired) electrons. The number of nitrogens with zero attached hydrogens (tertiary/aromatic N) is 2. The van der Waals surface area contributed by atoms with E-state index in [1.807, 2.05) is 13.8 Å². The highest BCUT2D eigenvalue weighted by atomic mass is 16.5. The van der Waals surface area contributed by atoms with E-state index >= 15 is 0 Å². The van der Waals surface area contributed by atoms with E-state index in [2.05, 4.69) is 6.58 Å². The molecular weight excluding hydrogens is 388 g/mol. The highest BCUT2D eigenvalue weighted by Gasteiger charge is 2.78. The molecule has 0 aliphatic carbocycles. The zero-order valence-corrected chi connectivity index (χ0v) is 18.2. The van der Waals surface area contributed by atoms with E-state index in [1.54, 1.807) is 22.8 Å². The standard InChI is InChI=1S/C22H34N2O6/c1-5-11-23(14(2)3)19(27)17-22-10-9-21(4,30-22)16(20(28)29)15(22)18(26)24(17)12-7-6-8-13-25/h5,14-17,25H,1,6-13H2,2-4H3,(H,28,29)/t15-,16-,17?,21+,22?/m0/s1. The molecule has 3 heterocycles. The maximum absolute atomic E-state index is 13.7. The largest absolute Gasteiger partial charge is 0.481 e. The highest BCUT2D eigenvalue weighted by molar-refractivity contribution is 5.98. The number of hydrogen-bond donors (Lipinski definition) is 2. The van der Waals surface area contributed by atoms with Crippen LogP contribution in [0.4, 0.5) is 0 Å². The number of amides is 2. The number of carboxylic acid groups (broad SMARTS) is 1. The molecule has 5 atom stereocenters. The molecule has 0 aromatic carbocycles. The van der Waals surface area contributed by atoms with Crippen LogP contribution in [0, 0.1) is 11.8 Å². The number of aliphatic carboxylic acids is 1. The smallest absolute Gasteiger partial charge is 0.310 e. The van der Waals surface area contributed by atoms with Crippen LogP contribution in [-0.4, -0.2) is 80.8 Å². The minimum absolute atomic E-state index is 0.0753. The summed E-state index contributed by atoms with van der Waals surface area (Å²) in [5.41, 5.74) is -2.04. The predicted octanol–water partition coefficient (Wildman–Crippen LogP) is 1.42. The number of fused-ring (bicyclic) bond motifs is 1. The van der Waals surface area contributed by atoms with Crippen LogP contribution in [0.2, 0.25) is 0 Å². The first-order valence-corrected chi connectivity index (χ1v) is 10.9. The van der Waals surface area contributed by atoms with Crippen molar-refractivity contribution in [3.05, 3.63) is 12.7 Å². The van der Waals surface area contributed by atoms with Crippen LogP contribution < -0.4 is 0 Å². The van der Waals surface area contributed by atoms with Crippen molar-refractivity contribution in [1.29, 1.82) is 0 Å². The number of aliphatic hydroxyl groups is 1. The van der Waals surface area contributed by atoms with Crippen LogP contribution in [0.15, 0.2) is 12.7 Å². The molecule has 8 heteroatoms. The lowest BCUT2D eigenvalue weighted by atomic mass is 9.66. The van der Waals surface area contributed by atoms with Gasteiger partial charge < -0.3 is 24.7 Å². The van der Waals surface area contributed by atoms with E-state index in [9.17, 15) is 19.5 Å². The van der Waals surface area contributed by atoms with E-state index in [0.717, 1.165) is 6.42 Å². The number of aliphatic hydroxyl groups excluding tert-OH is 1. The fourth-order valence-corrected chi connectivity index (χ4v) is 5.74. The highest BCUT2D eigenvalue weighted by Crippen LogP contribution is 2.63. The fourth-order valence-electron chi connectivity index (χ4n) is 5.74. The lowest BCUT2D eigenvalue weighted by Crippen LogP contribution is -2.57. The quantitative estimate of drug-likeness (QED) is 0.407. The van der Waals surface area contributed by atoms with Gasteiger partial charge >= 0.3 is 5.97 Å². The van der Waals surface area contributed by atoms with Crippen LogP contribution >= 0.6 is 0 Å². The summed E-state index contributed by atoms with van der Waals surface area (Å²) in [4.78, 5) is 42.6. The van der Waals surface area contributed by atoms with Gasteiger partial charge in [-0.3, -0.25) is 14.4 Å². The minimum atomic E-state index is -1.10. The summed E-state index contributed by atoms with van der Waals surface area (Å²) in [5.74, 6) is -3.35. The van der Waals surface area contributed by atoms with Gasteiger partial charge in [-0.05, 0) is 52.9 Å². The fraction of sp³-hybridized carbons (Fsp3) is 0.773. The Morgan fingerprint density at radius 1 is 1.33 bits per heavy atom. The van der Waals surface area contributed by atoms with Crippen LogP contribution in [0.5, 0.6) is 0 Å². The maximum Gasteiger partial charge on any atom is 0.310 e. The molecule has 3 rings (SSSR count). The number of carbonyl (C=O) groups excluding carboxylic acids is 2. The number of unbranched alkanes of at least 4 members (excludes halogenated alkanes) is 2. The molecule has 0 saturated carbocycles. The van der Waals surface area contributed by atoms with Gasteiger partial charge in [-0.2, -0.15) is 0 Å². The van der Waals surface area contributed by atoms with Gasteiger partial charge in [0.15, 0.2) is 0 Å². The van der Waals surface area contributed by atoms with E-state index in [4.69, 9.17) is 9.84 Å². The van der Waals surface area contributed by atoms with Crippen molar-refractivity contribution < 1.29 is 29.3 Å². The summed E-state index contributed by atoms with van der Waals surface area (Å²) < 4.78 is 6.36. The molecule has 3 aliphatic heterocycles. The molecule has 3 saturated heterocycles. The van der Waals surface area contributed by atoms with Crippen molar-refractivity contribution in [3.63, 3.8) is 0 Å². The molecule has 1 spiro atoms. The van der Waals surface area contributed by atoms with Crippen molar-refractivity contribution in [2.75, 3.05) is 19.7 Å². The molecule has 8 nitrogen and oxygen atoms in total. The van der Waals surface area contributed by atoms with Crippen molar-refractivity contribution in [2.24, 2.45) is 11.8 Å². The summed E-state index contributed by atoms with van der Waals surface area (Å²) in [6.45, 7) is 10.1. The third-order valence-corrected chi connectivity index (χ3v) is 7.07. The molecule has 2 bridgehead atoms. The molecule has 168 valence electrons. The Morgan fingerprint density at radius 2 is 2.03 bits per heavy atom. The monoisotopic (exact) mass is 422 g/mol. The zero-order chi connectivity index (χ0) is 22.3. The number of ether oxygens (including phenoxy) is 1. The van der Waals surface area contributed by atoms with Gasteiger partial charge in [0, 0.05) is 25.7 Å². The second kappa shape index (κ2) is 8.30. The molecule has 0 aromatic heterocycles. The third-order valence-electron chi connectivity index (χ3n) is 7.07. The molecule has 2 unspecified atom stereocenters. The van der Waals surface area contributed by atoms with E-state index in [0.29, 0.717) is 38.8 Å². The Labute approximate surface area is 177 Å². The van der Waals surface area contributed by atoms with Gasteiger partial charge in [-0.25, -0.2) is 0 Å². The number of hydrogen-bond acceptors (Lipinski definition) is 5. The topological polar surface area (TPSA) is 107 Å². The number of carbonyl (C=O) groups is 3. The van der Waals surface area contributed by atoms with Crippen LogP contribution in [-0.2, 0) is 19.1 Å². The van der Waals surface area contributed by atoms with Crippen molar-refractivity contribution in [3.8, 4) is 0 Å². The lowest BCUT2D eigenvalue weighted by molar-refractivity contribution is -0.156. The Bertz CT molecular complexity index is 724. The first kappa shape index (κ1) is 22.7. The van der Waals surface area contributed by atoms with Crippen LogP contribution in [0.3, 0.4) is 0 Å². The Balaban J connectivity index is 2.01. The SMILES string of the molecule is C=CCN(C(=O)C1N(CCCCCO)C(=O)[C@@H]2[C@@H](C(=O)O)[C@@]3(C)CCC12O3)C(C)C. The van der Waals surface area contributed by atoms with Gasteiger partial charge in [0.1, 0.15) is 11.6 Å². The van der Waals surface area contributed by atoms with E-state index in [1.165, 1.54) is 0 Å². The Morgan fingerprint density at radius 3 is 2.60 bits per heavy atom. The molecular formula is C22H34N2O6. The molecule has 2 N–H and O–H groups in total. The summed E-state index contributed by atoms with van der Waals surface area (Å²) in [7, 11) is 0. The van der Waals surface area contributed by atoms with Crippen LogP contribution in [0.1, 0.15) is 52.9 Å². The van der Waals surface area contributed by atoms with Gasteiger partial charge in [0.05, 0.1) is 17.4 Å². The first-order chi connectivity index (χ1) is 14.1. The van der Waals surface area contributed by atoms with Gasteiger partial charge in [-0.1, -0.05) is 6.08 Å². The van der Waals surface area contributed by atoms with Crippen LogP contribution in [0.25, 0.3) is 0 Å². The normalized spacial score (nSPS) is 34.5. The molecule has 0 aromatic rings. The summed E-state index contributed by atoms with van der Waals surface area (Å²) in [5, 5.41) is 19.0. The number of likely N-dealkylation sites (tertiary alicyclic amines) is 1. The zero-order valence-electron chi connectivity index (χ0n) is 18.2. The van der Waals surface area contributed by atoms with Gasteiger partial charge in [0.25, 0.3) is 0 Å². The first-order valence-electron chi connectivity index (χ1n) is 10.9. The number of carboxylic acids is 1. The predicted molar refractivity (Wildman–Crippen MR) is 110 cm³/mol. The van der Waals surface area contributed by atoms with Crippen molar-refractivity contribution in [1.82, 2.24) is 9.80 Å². The second-order valence-electron chi connectivity index (χ2n) is 9.25. The third kappa shape index (κ3) is 3.34. The molecule has 2 amide bonds. The minimum Gasteiger partial charge on any atom is -0.481 e. The molecule has 3 fully saturated rings. The second-order valence-corrected chi connectivity index (χ2v) is 9.25. The Kier molecular flexibility index (Phi) is 6.30. The summed E-state index contributed by atoms with van der Waals surface area (Å²) in [6, 6.07) is -0.931. The Hall–Kier alpha value is -1.93. The van der Waals surface area contributed by atoms with Gasteiger partial charge in [-0.15, -0.1) is 6.58 Å². The average molecular weight is 423 g/mol. The van der Waals surface area contributed by atoms with Crippen molar-refractivity contribution in [2.45, 2.75) is 76.2 Å².